The predicted molar refractivity (Wildman–Crippen MR) is 106 cm³/mol. The average Bonchev–Trinajstić information content (AvgIpc) is 2.71. The van der Waals surface area contributed by atoms with Crippen LogP contribution in [0, 0.1) is 0 Å². The van der Waals surface area contributed by atoms with Gasteiger partial charge in [0.05, 0.1) is 26.7 Å². The Hall–Kier alpha value is -3.61. The summed E-state index contributed by atoms with van der Waals surface area (Å²) in [5.41, 5.74) is 1.17. The third-order valence-electron chi connectivity index (χ3n) is 4.30. The molecule has 1 N–H and O–H groups in total. The highest BCUT2D eigenvalue weighted by Gasteiger charge is 2.22. The first-order chi connectivity index (χ1) is 13.5. The first-order valence-corrected chi connectivity index (χ1v) is 8.50. The number of ketones is 1. The van der Waals surface area contributed by atoms with Gasteiger partial charge in [-0.25, -0.2) is 0 Å². The molecular weight excluding hydrogens is 360 g/mol. The van der Waals surface area contributed by atoms with Crippen molar-refractivity contribution in [3.8, 4) is 17.2 Å². The third-order valence-corrected chi connectivity index (χ3v) is 4.30. The van der Waals surface area contributed by atoms with Crippen LogP contribution in [0.5, 0.6) is 17.2 Å². The first kappa shape index (κ1) is 19.2. The molecule has 7 nitrogen and oxygen atoms in total. The molecule has 28 heavy (non-hydrogen) atoms. The summed E-state index contributed by atoms with van der Waals surface area (Å²) in [5.74, 6) is 0.694. The van der Waals surface area contributed by atoms with Crippen LogP contribution in [-0.2, 0) is 0 Å². The van der Waals surface area contributed by atoms with E-state index in [1.165, 1.54) is 34.4 Å². The molecular formula is C21H20N2O5. The third kappa shape index (κ3) is 3.46. The van der Waals surface area contributed by atoms with Crippen molar-refractivity contribution >= 4 is 28.2 Å². The van der Waals surface area contributed by atoms with Gasteiger partial charge in [-0.15, -0.1) is 0 Å². The van der Waals surface area contributed by atoms with Gasteiger partial charge in [-0.1, -0.05) is 12.1 Å². The van der Waals surface area contributed by atoms with Crippen molar-refractivity contribution in [1.82, 2.24) is 4.98 Å². The lowest BCUT2D eigenvalue weighted by atomic mass is 10.1. The molecule has 3 rings (SSSR count). The highest BCUT2D eigenvalue weighted by Crippen LogP contribution is 2.44. The normalized spacial score (nSPS) is 10.4. The zero-order valence-corrected chi connectivity index (χ0v) is 16.0. The van der Waals surface area contributed by atoms with Gasteiger partial charge >= 0.3 is 0 Å². The fraction of sp³-hybridized carbons (Fsp3) is 0.190. The monoisotopic (exact) mass is 380 g/mol. The minimum atomic E-state index is -0.433. The summed E-state index contributed by atoms with van der Waals surface area (Å²) < 4.78 is 16.3. The number of anilines is 1. The van der Waals surface area contributed by atoms with Crippen molar-refractivity contribution < 1.29 is 23.8 Å². The van der Waals surface area contributed by atoms with E-state index in [1.54, 1.807) is 36.4 Å². The Labute approximate surface area is 162 Å². The Bertz CT molecular complexity index is 1060. The number of benzene rings is 2. The van der Waals surface area contributed by atoms with Gasteiger partial charge in [0.15, 0.2) is 17.3 Å². The summed E-state index contributed by atoms with van der Waals surface area (Å²) in [6, 6.07) is 10.2. The van der Waals surface area contributed by atoms with E-state index in [9.17, 15) is 9.59 Å². The van der Waals surface area contributed by atoms with E-state index >= 15 is 0 Å². The molecule has 0 atom stereocenters. The van der Waals surface area contributed by atoms with Crippen LogP contribution in [0.15, 0.2) is 42.6 Å². The number of rotatable bonds is 6. The van der Waals surface area contributed by atoms with Crippen LogP contribution in [0.2, 0.25) is 0 Å². The lowest BCUT2D eigenvalue weighted by molar-refractivity contribution is 0.101. The summed E-state index contributed by atoms with van der Waals surface area (Å²) in [6.45, 7) is 1.47. The number of hydrogen-bond donors (Lipinski definition) is 1. The van der Waals surface area contributed by atoms with E-state index in [1.807, 2.05) is 0 Å². The standard InChI is InChI=1S/C21H20N2O5/c1-12(24)13-6-5-7-15(10-13)23-21(25)18-17-14(8-9-22-18)11-16(26-2)19(27-3)20(17)28-4/h5-11H,1-4H3,(H,23,25). The molecule has 7 heteroatoms. The van der Waals surface area contributed by atoms with Crippen LogP contribution in [0.4, 0.5) is 5.69 Å². The van der Waals surface area contributed by atoms with E-state index in [-0.39, 0.29) is 11.5 Å². The molecule has 0 saturated heterocycles. The summed E-state index contributed by atoms with van der Waals surface area (Å²) in [6.07, 6.45) is 1.54. The molecule has 0 bridgehead atoms. The smallest absolute Gasteiger partial charge is 0.275 e. The van der Waals surface area contributed by atoms with Gasteiger partial charge in [0.25, 0.3) is 5.91 Å². The molecule has 144 valence electrons. The molecule has 1 heterocycles. The van der Waals surface area contributed by atoms with Crippen molar-refractivity contribution in [2.75, 3.05) is 26.6 Å². The number of nitrogens with zero attached hydrogens (tertiary/aromatic N) is 1. The number of ether oxygens (including phenoxy) is 3. The lowest BCUT2D eigenvalue weighted by Gasteiger charge is -2.16. The second-order valence-electron chi connectivity index (χ2n) is 5.99. The number of fused-ring (bicyclic) bond motifs is 1. The van der Waals surface area contributed by atoms with Gasteiger partial charge in [-0.2, -0.15) is 0 Å². The van der Waals surface area contributed by atoms with Crippen molar-refractivity contribution in [3.05, 3.63) is 53.9 Å². The molecule has 0 aliphatic rings. The van der Waals surface area contributed by atoms with Crippen molar-refractivity contribution in [2.24, 2.45) is 0 Å². The quantitative estimate of drug-likeness (QED) is 0.656. The highest BCUT2D eigenvalue weighted by atomic mass is 16.5. The summed E-state index contributed by atoms with van der Waals surface area (Å²) >= 11 is 0. The molecule has 0 fully saturated rings. The number of amides is 1. The Kier molecular flexibility index (Phi) is 5.44. The molecule has 0 aliphatic carbocycles. The zero-order valence-electron chi connectivity index (χ0n) is 16.0. The lowest BCUT2D eigenvalue weighted by Crippen LogP contribution is -2.15. The average molecular weight is 380 g/mol. The van der Waals surface area contributed by atoms with E-state index in [2.05, 4.69) is 10.3 Å². The summed E-state index contributed by atoms with van der Waals surface area (Å²) in [4.78, 5) is 28.8. The molecule has 1 amide bonds. The van der Waals surface area contributed by atoms with Crippen LogP contribution in [0.1, 0.15) is 27.8 Å². The number of aromatic nitrogens is 1. The number of pyridine rings is 1. The second kappa shape index (κ2) is 7.96. The van der Waals surface area contributed by atoms with Gasteiger partial charge in [0, 0.05) is 17.4 Å². The number of hydrogen-bond acceptors (Lipinski definition) is 6. The maximum Gasteiger partial charge on any atom is 0.275 e. The summed E-state index contributed by atoms with van der Waals surface area (Å²) in [7, 11) is 4.51. The minimum absolute atomic E-state index is 0.0853. The number of nitrogens with one attached hydrogen (secondary N) is 1. The van der Waals surface area contributed by atoms with Crippen LogP contribution >= 0.6 is 0 Å². The fourth-order valence-electron chi connectivity index (χ4n) is 2.99. The fourth-order valence-corrected chi connectivity index (χ4v) is 2.99. The SMILES string of the molecule is COc1cc2ccnc(C(=O)Nc3cccc(C(C)=O)c3)c2c(OC)c1OC. The number of carbonyl (C=O) groups excluding carboxylic acids is 2. The minimum Gasteiger partial charge on any atom is -0.493 e. The van der Waals surface area contributed by atoms with Crippen molar-refractivity contribution in [3.63, 3.8) is 0 Å². The van der Waals surface area contributed by atoms with E-state index < -0.39 is 5.91 Å². The van der Waals surface area contributed by atoms with Crippen molar-refractivity contribution in [2.45, 2.75) is 6.92 Å². The molecule has 0 spiro atoms. The predicted octanol–water partition coefficient (Wildman–Crippen LogP) is 3.72. The molecule has 0 unspecified atom stereocenters. The van der Waals surface area contributed by atoms with E-state index in [0.29, 0.717) is 39.3 Å². The van der Waals surface area contributed by atoms with Gasteiger partial charge in [-0.3, -0.25) is 14.6 Å². The zero-order chi connectivity index (χ0) is 20.3. The molecule has 0 aliphatic heterocycles. The topological polar surface area (TPSA) is 86.8 Å². The number of carbonyl (C=O) groups is 2. The van der Waals surface area contributed by atoms with E-state index in [0.717, 1.165) is 0 Å². The molecule has 2 aromatic carbocycles. The van der Waals surface area contributed by atoms with Gasteiger partial charge in [0.1, 0.15) is 5.69 Å². The Morgan fingerprint density at radius 2 is 1.71 bits per heavy atom. The van der Waals surface area contributed by atoms with Gasteiger partial charge in [0.2, 0.25) is 5.75 Å². The Morgan fingerprint density at radius 3 is 2.36 bits per heavy atom. The van der Waals surface area contributed by atoms with Gasteiger partial charge < -0.3 is 19.5 Å². The van der Waals surface area contributed by atoms with Crippen LogP contribution < -0.4 is 19.5 Å². The molecule has 1 aromatic heterocycles. The molecule has 0 saturated carbocycles. The van der Waals surface area contributed by atoms with Gasteiger partial charge in [-0.05, 0) is 36.6 Å². The van der Waals surface area contributed by atoms with Crippen molar-refractivity contribution in [1.29, 1.82) is 0 Å². The number of Topliss-reactive ketones (excluding diaryl/α,β-unsaturated/α-hetero) is 1. The number of methoxy groups -OCH3 is 3. The van der Waals surface area contributed by atoms with Crippen LogP contribution in [0.3, 0.4) is 0 Å². The highest BCUT2D eigenvalue weighted by molar-refractivity contribution is 6.14. The van der Waals surface area contributed by atoms with Crippen LogP contribution in [0.25, 0.3) is 10.8 Å². The second-order valence-corrected chi connectivity index (χ2v) is 5.99. The summed E-state index contributed by atoms with van der Waals surface area (Å²) in [5, 5.41) is 4.00. The largest absolute Gasteiger partial charge is 0.493 e. The van der Waals surface area contributed by atoms with Crippen LogP contribution in [-0.4, -0.2) is 38.0 Å². The first-order valence-electron chi connectivity index (χ1n) is 8.50. The maximum absolute atomic E-state index is 12.9. The Morgan fingerprint density at radius 1 is 0.964 bits per heavy atom. The maximum atomic E-state index is 12.9. The molecule has 3 aromatic rings. The van der Waals surface area contributed by atoms with E-state index in [4.69, 9.17) is 14.2 Å². The Balaban J connectivity index is 2.11. The molecule has 0 radical (unpaired) electrons.